The minimum Gasteiger partial charge on any atom is -0.457 e. The maximum atomic E-state index is 12.4. The zero-order chi connectivity index (χ0) is 24.9. The van der Waals surface area contributed by atoms with Gasteiger partial charge >= 0.3 is 11.9 Å². The average molecular weight is 507 g/mol. The average Bonchev–Trinajstić information content (AvgIpc) is 2.84. The summed E-state index contributed by atoms with van der Waals surface area (Å²) in [5.74, 6) is 0.907. The van der Waals surface area contributed by atoms with E-state index in [2.05, 4.69) is 0 Å². The summed E-state index contributed by atoms with van der Waals surface area (Å²) in [7, 11) is 0. The highest BCUT2D eigenvalue weighted by molar-refractivity contribution is 6.31. The van der Waals surface area contributed by atoms with E-state index in [1.54, 1.807) is 84.9 Å². The molecule has 4 aromatic rings. The van der Waals surface area contributed by atoms with Crippen LogP contribution in [0.3, 0.4) is 0 Å². The van der Waals surface area contributed by atoms with E-state index in [0.29, 0.717) is 44.2 Å². The first-order chi connectivity index (χ1) is 16.8. The lowest BCUT2D eigenvalue weighted by Crippen LogP contribution is -2.08. The van der Waals surface area contributed by atoms with E-state index in [1.807, 2.05) is 13.8 Å². The van der Waals surface area contributed by atoms with Gasteiger partial charge in [0, 0.05) is 10.0 Å². The number of aryl methyl sites for hydroxylation is 2. The standard InChI is InChI=1S/C28H20Cl2O5/c1-17-15-23(11-13-25(17)29)34-27(31)19-3-7-21(8-4-19)33-22-9-5-20(6-10-22)28(32)35-24-12-14-26(30)18(2)16-24/h3-16H,1-2H3. The minimum absolute atomic E-state index is 0.375. The molecule has 0 fully saturated rings. The largest absolute Gasteiger partial charge is 0.457 e. The number of esters is 2. The Labute approximate surface area is 212 Å². The molecule has 0 radical (unpaired) electrons. The number of carbonyl (C=O) groups excluding carboxylic acids is 2. The molecule has 0 amide bonds. The van der Waals surface area contributed by atoms with Crippen LogP contribution in [0.1, 0.15) is 31.8 Å². The molecular weight excluding hydrogens is 487 g/mol. The molecule has 5 nitrogen and oxygen atoms in total. The molecule has 0 aliphatic heterocycles. The molecule has 0 aliphatic carbocycles. The summed E-state index contributed by atoms with van der Waals surface area (Å²) in [5, 5.41) is 1.21. The lowest BCUT2D eigenvalue weighted by atomic mass is 10.2. The van der Waals surface area contributed by atoms with Crippen LogP contribution < -0.4 is 14.2 Å². The normalized spacial score (nSPS) is 10.5. The second kappa shape index (κ2) is 10.6. The SMILES string of the molecule is Cc1cc(OC(=O)c2ccc(Oc3ccc(C(=O)Oc4ccc(Cl)c(C)c4)cc3)cc2)ccc1Cl. The molecule has 0 spiro atoms. The summed E-state index contributed by atoms with van der Waals surface area (Å²) in [4.78, 5) is 24.8. The van der Waals surface area contributed by atoms with Crippen molar-refractivity contribution in [3.8, 4) is 23.0 Å². The summed E-state index contributed by atoms with van der Waals surface area (Å²) in [6.07, 6.45) is 0. The van der Waals surface area contributed by atoms with Crippen molar-refractivity contribution < 1.29 is 23.8 Å². The van der Waals surface area contributed by atoms with Crippen LogP contribution in [0.5, 0.6) is 23.0 Å². The summed E-state index contributed by atoms with van der Waals surface area (Å²) in [6.45, 7) is 3.67. The Morgan fingerprint density at radius 2 is 0.886 bits per heavy atom. The van der Waals surface area contributed by atoms with E-state index in [1.165, 1.54) is 0 Å². The van der Waals surface area contributed by atoms with Crippen molar-refractivity contribution >= 4 is 35.1 Å². The summed E-state index contributed by atoms with van der Waals surface area (Å²) < 4.78 is 16.6. The van der Waals surface area contributed by atoms with Crippen LogP contribution in [0.2, 0.25) is 10.0 Å². The van der Waals surface area contributed by atoms with Gasteiger partial charge in [-0.05, 0) is 110 Å². The zero-order valence-electron chi connectivity index (χ0n) is 18.9. The molecule has 0 atom stereocenters. The van der Waals surface area contributed by atoms with E-state index in [0.717, 1.165) is 11.1 Å². The predicted octanol–water partition coefficient (Wildman–Crippen LogP) is 7.84. The zero-order valence-corrected chi connectivity index (χ0v) is 20.4. The predicted molar refractivity (Wildman–Crippen MR) is 135 cm³/mol. The maximum absolute atomic E-state index is 12.4. The highest BCUT2D eigenvalue weighted by Gasteiger charge is 2.12. The third-order valence-corrected chi connectivity index (χ3v) is 5.94. The molecule has 4 aromatic carbocycles. The molecule has 0 N–H and O–H groups in total. The van der Waals surface area contributed by atoms with Crippen LogP contribution in [-0.2, 0) is 0 Å². The van der Waals surface area contributed by atoms with Gasteiger partial charge in [0.05, 0.1) is 11.1 Å². The Bertz CT molecular complexity index is 1270. The van der Waals surface area contributed by atoms with Crippen molar-refractivity contribution in [1.82, 2.24) is 0 Å². The van der Waals surface area contributed by atoms with Gasteiger partial charge in [0.2, 0.25) is 0 Å². The topological polar surface area (TPSA) is 61.8 Å². The monoisotopic (exact) mass is 506 g/mol. The van der Waals surface area contributed by atoms with Gasteiger partial charge in [-0.3, -0.25) is 0 Å². The fourth-order valence-electron chi connectivity index (χ4n) is 3.15. The van der Waals surface area contributed by atoms with Gasteiger partial charge in [-0.1, -0.05) is 23.2 Å². The van der Waals surface area contributed by atoms with Crippen LogP contribution in [0.4, 0.5) is 0 Å². The Morgan fingerprint density at radius 1 is 0.543 bits per heavy atom. The Hall–Kier alpha value is -3.80. The van der Waals surface area contributed by atoms with Gasteiger partial charge in [-0.2, -0.15) is 0 Å². The first-order valence-electron chi connectivity index (χ1n) is 10.6. The number of hydrogen-bond acceptors (Lipinski definition) is 5. The van der Waals surface area contributed by atoms with Crippen LogP contribution >= 0.6 is 23.2 Å². The van der Waals surface area contributed by atoms with E-state index >= 15 is 0 Å². The number of carbonyl (C=O) groups is 2. The summed E-state index contributed by atoms with van der Waals surface area (Å²) in [5.41, 5.74) is 2.39. The van der Waals surface area contributed by atoms with Gasteiger partial charge in [-0.15, -0.1) is 0 Å². The van der Waals surface area contributed by atoms with E-state index in [-0.39, 0.29) is 0 Å². The van der Waals surface area contributed by atoms with E-state index < -0.39 is 11.9 Å². The smallest absolute Gasteiger partial charge is 0.343 e. The van der Waals surface area contributed by atoms with Crippen LogP contribution in [0.15, 0.2) is 84.9 Å². The van der Waals surface area contributed by atoms with E-state index in [9.17, 15) is 9.59 Å². The second-order valence-electron chi connectivity index (χ2n) is 7.75. The molecule has 0 saturated carbocycles. The molecule has 0 aromatic heterocycles. The molecule has 0 bridgehead atoms. The number of hydrogen-bond donors (Lipinski definition) is 0. The Balaban J connectivity index is 1.36. The molecule has 0 heterocycles. The van der Waals surface area contributed by atoms with Crippen molar-refractivity contribution in [2.75, 3.05) is 0 Å². The number of halogens is 2. The van der Waals surface area contributed by atoms with Gasteiger partial charge in [0.1, 0.15) is 23.0 Å². The molecule has 0 unspecified atom stereocenters. The number of ether oxygens (including phenoxy) is 3. The lowest BCUT2D eigenvalue weighted by Gasteiger charge is -2.09. The van der Waals surface area contributed by atoms with Gasteiger partial charge in [-0.25, -0.2) is 9.59 Å². The quantitative estimate of drug-likeness (QED) is 0.197. The van der Waals surface area contributed by atoms with Crippen LogP contribution in [-0.4, -0.2) is 11.9 Å². The number of benzene rings is 4. The molecule has 176 valence electrons. The maximum Gasteiger partial charge on any atom is 0.343 e. The fraction of sp³-hybridized carbons (Fsp3) is 0.0714. The van der Waals surface area contributed by atoms with Crippen molar-refractivity contribution in [2.45, 2.75) is 13.8 Å². The molecule has 4 rings (SSSR count). The Kier molecular flexibility index (Phi) is 7.39. The lowest BCUT2D eigenvalue weighted by molar-refractivity contribution is 0.0725. The summed E-state index contributed by atoms with van der Waals surface area (Å²) >= 11 is 12.0. The number of rotatable bonds is 6. The van der Waals surface area contributed by atoms with Crippen molar-refractivity contribution in [1.29, 1.82) is 0 Å². The van der Waals surface area contributed by atoms with Gasteiger partial charge in [0.15, 0.2) is 0 Å². The van der Waals surface area contributed by atoms with E-state index in [4.69, 9.17) is 37.4 Å². The second-order valence-corrected chi connectivity index (χ2v) is 8.57. The first kappa shape index (κ1) is 24.3. The molecule has 0 saturated heterocycles. The highest BCUT2D eigenvalue weighted by atomic mass is 35.5. The third-order valence-electron chi connectivity index (χ3n) is 5.10. The molecule has 35 heavy (non-hydrogen) atoms. The van der Waals surface area contributed by atoms with Crippen molar-refractivity contribution in [3.05, 3.63) is 117 Å². The molecule has 7 heteroatoms. The van der Waals surface area contributed by atoms with Gasteiger partial charge < -0.3 is 14.2 Å². The van der Waals surface area contributed by atoms with Crippen molar-refractivity contribution in [2.24, 2.45) is 0 Å². The minimum atomic E-state index is -0.489. The first-order valence-corrected chi connectivity index (χ1v) is 11.4. The Morgan fingerprint density at radius 3 is 1.23 bits per heavy atom. The third kappa shape index (κ3) is 6.21. The van der Waals surface area contributed by atoms with Crippen molar-refractivity contribution in [3.63, 3.8) is 0 Å². The van der Waals surface area contributed by atoms with Crippen LogP contribution in [0.25, 0.3) is 0 Å². The summed E-state index contributed by atoms with van der Waals surface area (Å²) in [6, 6.07) is 23.1. The highest BCUT2D eigenvalue weighted by Crippen LogP contribution is 2.25. The van der Waals surface area contributed by atoms with Crippen LogP contribution in [0, 0.1) is 13.8 Å². The fourth-order valence-corrected chi connectivity index (χ4v) is 3.38. The molecular formula is C28H20Cl2O5. The van der Waals surface area contributed by atoms with Gasteiger partial charge in [0.25, 0.3) is 0 Å². The molecule has 0 aliphatic rings.